The van der Waals surface area contributed by atoms with Gasteiger partial charge in [-0.2, -0.15) is 0 Å². The third-order valence-electron chi connectivity index (χ3n) is 2.90. The van der Waals surface area contributed by atoms with Crippen LogP contribution in [-0.4, -0.2) is 9.97 Å². The number of alkyl halides is 1. The molecule has 0 fully saturated rings. The Hall–Kier alpha value is -0.990. The van der Waals surface area contributed by atoms with Gasteiger partial charge in [0, 0.05) is 11.3 Å². The number of halogens is 2. The molecule has 0 saturated carbocycles. The lowest BCUT2D eigenvalue weighted by Crippen LogP contribution is -2.01. The molecule has 0 aliphatic rings. The van der Waals surface area contributed by atoms with Gasteiger partial charge in [0.25, 0.3) is 0 Å². The lowest BCUT2D eigenvalue weighted by atomic mass is 10.1. The van der Waals surface area contributed by atoms with Gasteiger partial charge in [0.15, 0.2) is 0 Å². The molecule has 18 heavy (non-hydrogen) atoms. The van der Waals surface area contributed by atoms with Gasteiger partial charge in [0.2, 0.25) is 0 Å². The monoisotopic (exact) mass is 282 g/mol. The van der Waals surface area contributed by atoms with Gasteiger partial charge in [0.1, 0.15) is 5.82 Å². The molecule has 1 heterocycles. The van der Waals surface area contributed by atoms with E-state index in [0.717, 1.165) is 22.8 Å². The Morgan fingerprint density at radius 2 is 1.89 bits per heavy atom. The molecule has 0 aliphatic heterocycles. The van der Waals surface area contributed by atoms with E-state index in [4.69, 9.17) is 23.2 Å². The van der Waals surface area contributed by atoms with Crippen molar-refractivity contribution in [2.45, 2.75) is 26.1 Å². The van der Waals surface area contributed by atoms with Gasteiger partial charge in [-0.1, -0.05) is 37.6 Å². The van der Waals surface area contributed by atoms with Crippen LogP contribution < -0.4 is 0 Å². The highest BCUT2D eigenvalue weighted by molar-refractivity contribution is 6.33. The number of benzene rings is 1. The summed E-state index contributed by atoms with van der Waals surface area (Å²) in [5.41, 5.74) is 2.81. The quantitative estimate of drug-likeness (QED) is 0.791. The Bertz CT molecular complexity index is 546. The van der Waals surface area contributed by atoms with Crippen LogP contribution in [0.1, 0.15) is 30.6 Å². The van der Waals surface area contributed by atoms with Crippen LogP contribution >= 0.6 is 23.2 Å². The zero-order chi connectivity index (χ0) is 13.3. The number of rotatable bonds is 3. The second-order valence-electron chi connectivity index (χ2n) is 4.72. The van der Waals surface area contributed by atoms with E-state index < -0.39 is 0 Å². The average molecular weight is 283 g/mol. The van der Waals surface area contributed by atoms with Crippen molar-refractivity contribution in [1.82, 2.24) is 9.97 Å². The standard InChI is InChI=1S/C14H16Cl2N2/c1-8(2)12(16)13-9(3)17-14(18-13)10-6-4-5-7-11(10)15/h4-8,12H,1-3H3,(H,17,18). The molecule has 1 unspecified atom stereocenters. The van der Waals surface area contributed by atoms with E-state index in [-0.39, 0.29) is 5.38 Å². The first-order valence-electron chi connectivity index (χ1n) is 5.96. The number of nitrogens with zero attached hydrogens (tertiary/aromatic N) is 1. The van der Waals surface area contributed by atoms with E-state index in [1.807, 2.05) is 31.2 Å². The molecule has 1 aromatic carbocycles. The van der Waals surface area contributed by atoms with Crippen LogP contribution in [0.3, 0.4) is 0 Å². The van der Waals surface area contributed by atoms with Gasteiger partial charge < -0.3 is 4.98 Å². The summed E-state index contributed by atoms with van der Waals surface area (Å²) in [4.78, 5) is 7.85. The van der Waals surface area contributed by atoms with Crippen molar-refractivity contribution in [3.8, 4) is 11.4 Å². The minimum Gasteiger partial charge on any atom is -0.342 e. The lowest BCUT2D eigenvalue weighted by Gasteiger charge is -2.10. The van der Waals surface area contributed by atoms with Crippen molar-refractivity contribution in [3.63, 3.8) is 0 Å². The molecule has 0 bridgehead atoms. The van der Waals surface area contributed by atoms with Crippen molar-refractivity contribution in [1.29, 1.82) is 0 Å². The van der Waals surface area contributed by atoms with E-state index >= 15 is 0 Å². The summed E-state index contributed by atoms with van der Waals surface area (Å²) in [5.74, 6) is 1.12. The minimum atomic E-state index is -0.0857. The maximum atomic E-state index is 6.37. The van der Waals surface area contributed by atoms with Crippen molar-refractivity contribution >= 4 is 23.2 Å². The Morgan fingerprint density at radius 3 is 2.50 bits per heavy atom. The molecule has 0 saturated heterocycles. The Morgan fingerprint density at radius 1 is 1.22 bits per heavy atom. The molecule has 2 aromatic rings. The second kappa shape index (κ2) is 5.33. The molecule has 2 rings (SSSR count). The Balaban J connectivity index is 2.44. The molecular formula is C14H16Cl2N2. The maximum absolute atomic E-state index is 6.37. The largest absolute Gasteiger partial charge is 0.342 e. The third-order valence-corrected chi connectivity index (χ3v) is 3.94. The lowest BCUT2D eigenvalue weighted by molar-refractivity contribution is 0.612. The Labute approximate surface area is 117 Å². The van der Waals surface area contributed by atoms with E-state index in [1.54, 1.807) is 0 Å². The van der Waals surface area contributed by atoms with Crippen LogP contribution in [0.15, 0.2) is 24.3 Å². The third kappa shape index (κ3) is 2.55. The van der Waals surface area contributed by atoms with Crippen molar-refractivity contribution in [3.05, 3.63) is 40.7 Å². The number of nitrogens with one attached hydrogen (secondary N) is 1. The molecule has 4 heteroatoms. The van der Waals surface area contributed by atoms with Crippen LogP contribution in [0.5, 0.6) is 0 Å². The summed E-state index contributed by atoms with van der Waals surface area (Å²) >= 11 is 12.5. The minimum absolute atomic E-state index is 0.0857. The molecule has 0 aliphatic carbocycles. The number of aromatic amines is 1. The molecule has 96 valence electrons. The topological polar surface area (TPSA) is 28.7 Å². The number of hydrogen-bond acceptors (Lipinski definition) is 1. The summed E-state index contributed by atoms with van der Waals surface area (Å²) in [5, 5.41) is 0.603. The van der Waals surface area contributed by atoms with Crippen molar-refractivity contribution < 1.29 is 0 Å². The first kappa shape index (κ1) is 13.4. The molecule has 2 nitrogen and oxygen atoms in total. The number of aryl methyl sites for hydroxylation is 1. The summed E-state index contributed by atoms with van der Waals surface area (Å²) in [6, 6.07) is 7.65. The molecule has 0 radical (unpaired) electrons. The van der Waals surface area contributed by atoms with E-state index in [2.05, 4.69) is 23.8 Å². The van der Waals surface area contributed by atoms with Crippen LogP contribution in [0.4, 0.5) is 0 Å². The normalized spacial score (nSPS) is 13.0. The van der Waals surface area contributed by atoms with Gasteiger partial charge in [-0.3, -0.25) is 0 Å². The summed E-state index contributed by atoms with van der Waals surface area (Å²) in [6.45, 7) is 6.16. The predicted octanol–water partition coefficient (Wildman–Crippen LogP) is 4.97. The van der Waals surface area contributed by atoms with Crippen molar-refractivity contribution in [2.24, 2.45) is 5.92 Å². The highest BCUT2D eigenvalue weighted by Crippen LogP contribution is 2.32. The first-order chi connectivity index (χ1) is 8.50. The van der Waals surface area contributed by atoms with Gasteiger partial charge in [-0.25, -0.2) is 4.98 Å². The highest BCUT2D eigenvalue weighted by Gasteiger charge is 2.20. The van der Waals surface area contributed by atoms with Gasteiger partial charge in [0.05, 0.1) is 16.1 Å². The zero-order valence-corrected chi connectivity index (χ0v) is 12.2. The number of aromatic nitrogens is 2. The zero-order valence-electron chi connectivity index (χ0n) is 10.7. The van der Waals surface area contributed by atoms with Gasteiger partial charge in [-0.05, 0) is 25.0 Å². The molecular weight excluding hydrogens is 267 g/mol. The smallest absolute Gasteiger partial charge is 0.139 e. The van der Waals surface area contributed by atoms with Crippen LogP contribution in [0.2, 0.25) is 5.02 Å². The van der Waals surface area contributed by atoms with Crippen LogP contribution in [0, 0.1) is 12.8 Å². The van der Waals surface area contributed by atoms with E-state index in [1.165, 1.54) is 0 Å². The molecule has 1 atom stereocenters. The molecule has 0 amide bonds. The Kier molecular flexibility index (Phi) is 3.98. The van der Waals surface area contributed by atoms with E-state index in [9.17, 15) is 0 Å². The van der Waals surface area contributed by atoms with Crippen molar-refractivity contribution in [2.75, 3.05) is 0 Å². The first-order valence-corrected chi connectivity index (χ1v) is 6.77. The van der Waals surface area contributed by atoms with Crippen LogP contribution in [0.25, 0.3) is 11.4 Å². The summed E-state index contributed by atoms with van der Waals surface area (Å²) in [7, 11) is 0. The van der Waals surface area contributed by atoms with Crippen LogP contribution in [-0.2, 0) is 0 Å². The molecule has 1 aromatic heterocycles. The second-order valence-corrected chi connectivity index (χ2v) is 5.60. The number of imidazole rings is 1. The fourth-order valence-corrected chi connectivity index (χ4v) is 2.28. The fraction of sp³-hybridized carbons (Fsp3) is 0.357. The SMILES string of the molecule is Cc1[nH]c(-c2ccccc2Cl)nc1C(Cl)C(C)C. The fourth-order valence-electron chi connectivity index (χ4n) is 1.84. The highest BCUT2D eigenvalue weighted by atomic mass is 35.5. The van der Waals surface area contributed by atoms with Gasteiger partial charge >= 0.3 is 0 Å². The predicted molar refractivity (Wildman–Crippen MR) is 77.2 cm³/mol. The summed E-state index contributed by atoms with van der Waals surface area (Å²) < 4.78 is 0. The maximum Gasteiger partial charge on any atom is 0.139 e. The van der Waals surface area contributed by atoms with E-state index in [0.29, 0.717) is 10.9 Å². The van der Waals surface area contributed by atoms with Gasteiger partial charge in [-0.15, -0.1) is 11.6 Å². The number of hydrogen-bond donors (Lipinski definition) is 1. The molecule has 1 N–H and O–H groups in total. The molecule has 0 spiro atoms. The average Bonchev–Trinajstić information content (AvgIpc) is 2.70. The summed E-state index contributed by atoms with van der Waals surface area (Å²) in [6.07, 6.45) is 0. The number of H-pyrrole nitrogens is 1.